The Bertz CT molecular complexity index is 765. The lowest BCUT2D eigenvalue weighted by Gasteiger charge is -2.47. The second-order valence-corrected chi connectivity index (χ2v) is 7.13. The predicted molar refractivity (Wildman–Crippen MR) is 90.6 cm³/mol. The van der Waals surface area contributed by atoms with E-state index in [1.807, 2.05) is 26.8 Å². The Kier molecular flexibility index (Phi) is 4.02. The third-order valence-electron chi connectivity index (χ3n) is 5.81. The Morgan fingerprint density at radius 1 is 1.46 bits per heavy atom. The van der Waals surface area contributed by atoms with Crippen molar-refractivity contribution in [3.05, 3.63) is 46.4 Å². The lowest BCUT2D eigenvalue weighted by atomic mass is 9.58. The van der Waals surface area contributed by atoms with Crippen molar-refractivity contribution in [2.75, 3.05) is 0 Å². The third kappa shape index (κ3) is 2.20. The normalized spacial score (nSPS) is 29.6. The zero-order valence-electron chi connectivity index (χ0n) is 14.9. The van der Waals surface area contributed by atoms with E-state index >= 15 is 0 Å². The fraction of sp³-hybridized carbons (Fsp3) is 0.500. The maximum atomic E-state index is 12.9. The molecule has 1 aromatic rings. The number of hydrogen-bond donors (Lipinski definition) is 0. The van der Waals surface area contributed by atoms with Crippen molar-refractivity contribution in [2.24, 2.45) is 11.3 Å². The van der Waals surface area contributed by atoms with Crippen LogP contribution in [0.15, 0.2) is 34.0 Å². The largest absolute Gasteiger partial charge is 0.460 e. The molecule has 0 aromatic carbocycles. The number of hydrogen-bond acceptors (Lipinski definition) is 4. The Labute approximate surface area is 142 Å². The van der Waals surface area contributed by atoms with E-state index in [2.05, 4.69) is 6.92 Å². The summed E-state index contributed by atoms with van der Waals surface area (Å²) in [4.78, 5) is 25.4. The van der Waals surface area contributed by atoms with Crippen LogP contribution in [0, 0.1) is 18.3 Å². The SMILES string of the molecule is CC=C(C)C(=O)OC1c2c(C)coc2C(=O)C2=CCCC(C)C21C. The Morgan fingerprint density at radius 2 is 2.17 bits per heavy atom. The summed E-state index contributed by atoms with van der Waals surface area (Å²) in [5.74, 6) is 0.137. The molecule has 3 atom stereocenters. The van der Waals surface area contributed by atoms with Crippen molar-refractivity contribution >= 4 is 11.8 Å². The number of carbonyl (C=O) groups excluding carboxylic acids is 2. The molecular weight excluding hydrogens is 304 g/mol. The first-order valence-electron chi connectivity index (χ1n) is 8.49. The average Bonchev–Trinajstić information content (AvgIpc) is 2.94. The molecule has 0 saturated heterocycles. The van der Waals surface area contributed by atoms with E-state index in [9.17, 15) is 9.59 Å². The highest BCUT2D eigenvalue weighted by molar-refractivity contribution is 6.10. The number of rotatable bonds is 2. The summed E-state index contributed by atoms with van der Waals surface area (Å²) < 4.78 is 11.5. The minimum atomic E-state index is -0.527. The molecule has 4 heteroatoms. The second kappa shape index (κ2) is 5.76. The van der Waals surface area contributed by atoms with E-state index in [1.165, 1.54) is 0 Å². The minimum Gasteiger partial charge on any atom is -0.460 e. The lowest BCUT2D eigenvalue weighted by Crippen LogP contribution is -2.45. The quantitative estimate of drug-likeness (QED) is 0.583. The number of ketones is 1. The van der Waals surface area contributed by atoms with Crippen LogP contribution >= 0.6 is 0 Å². The number of carbonyl (C=O) groups is 2. The van der Waals surface area contributed by atoms with Crippen molar-refractivity contribution in [3.8, 4) is 0 Å². The maximum absolute atomic E-state index is 12.9. The summed E-state index contributed by atoms with van der Waals surface area (Å²) in [5.41, 5.74) is 2.34. The average molecular weight is 328 g/mol. The molecule has 4 nitrogen and oxygen atoms in total. The van der Waals surface area contributed by atoms with E-state index < -0.39 is 11.5 Å². The molecule has 0 saturated carbocycles. The summed E-state index contributed by atoms with van der Waals surface area (Å²) in [5, 5.41) is 0. The van der Waals surface area contributed by atoms with E-state index in [-0.39, 0.29) is 17.7 Å². The van der Waals surface area contributed by atoms with E-state index in [0.29, 0.717) is 11.3 Å². The van der Waals surface area contributed by atoms with Crippen molar-refractivity contribution < 1.29 is 18.7 Å². The van der Waals surface area contributed by atoms with Crippen LogP contribution in [-0.2, 0) is 9.53 Å². The van der Waals surface area contributed by atoms with Crippen molar-refractivity contribution in [1.29, 1.82) is 0 Å². The van der Waals surface area contributed by atoms with Crippen LogP contribution in [-0.4, -0.2) is 11.8 Å². The van der Waals surface area contributed by atoms with Gasteiger partial charge in [-0.2, -0.15) is 0 Å². The molecule has 0 N–H and O–H groups in total. The van der Waals surface area contributed by atoms with Gasteiger partial charge in [-0.25, -0.2) is 4.79 Å². The van der Waals surface area contributed by atoms with Crippen LogP contribution < -0.4 is 0 Å². The van der Waals surface area contributed by atoms with Crippen LogP contribution in [0.25, 0.3) is 0 Å². The van der Waals surface area contributed by atoms with Gasteiger partial charge < -0.3 is 9.15 Å². The fourth-order valence-electron chi connectivity index (χ4n) is 3.88. The van der Waals surface area contributed by atoms with Gasteiger partial charge in [0.05, 0.1) is 6.26 Å². The van der Waals surface area contributed by atoms with Gasteiger partial charge in [-0.1, -0.05) is 26.0 Å². The molecule has 0 bridgehead atoms. The molecule has 0 fully saturated rings. The van der Waals surface area contributed by atoms with Crippen molar-refractivity contribution in [2.45, 2.75) is 53.6 Å². The third-order valence-corrected chi connectivity index (χ3v) is 5.81. The predicted octanol–water partition coefficient (Wildman–Crippen LogP) is 4.70. The van der Waals surface area contributed by atoms with Crippen LogP contribution in [0.2, 0.25) is 0 Å². The van der Waals surface area contributed by atoms with E-state index in [0.717, 1.165) is 29.5 Å². The molecule has 0 amide bonds. The molecule has 1 aromatic heterocycles. The van der Waals surface area contributed by atoms with E-state index in [4.69, 9.17) is 9.15 Å². The highest BCUT2D eigenvalue weighted by Crippen LogP contribution is 2.57. The van der Waals surface area contributed by atoms with Crippen molar-refractivity contribution in [3.63, 3.8) is 0 Å². The molecule has 1 heterocycles. The first-order chi connectivity index (χ1) is 11.3. The summed E-state index contributed by atoms with van der Waals surface area (Å²) in [6, 6.07) is 0. The number of furan rings is 1. The number of fused-ring (bicyclic) bond motifs is 2. The van der Waals surface area contributed by atoms with Gasteiger partial charge in [0, 0.05) is 22.1 Å². The van der Waals surface area contributed by atoms with Gasteiger partial charge in [0.1, 0.15) is 6.10 Å². The molecule has 3 rings (SSSR count). The molecule has 2 aliphatic rings. The van der Waals surface area contributed by atoms with Gasteiger partial charge in [0.25, 0.3) is 0 Å². The molecule has 24 heavy (non-hydrogen) atoms. The molecule has 128 valence electrons. The number of ether oxygens (including phenoxy) is 1. The van der Waals surface area contributed by atoms with Crippen LogP contribution in [0.3, 0.4) is 0 Å². The monoisotopic (exact) mass is 328 g/mol. The van der Waals surface area contributed by atoms with Gasteiger partial charge in [-0.3, -0.25) is 4.79 Å². The smallest absolute Gasteiger partial charge is 0.334 e. The van der Waals surface area contributed by atoms with Gasteiger partial charge in [-0.15, -0.1) is 0 Å². The molecule has 0 aliphatic heterocycles. The number of Topliss-reactive ketones (excluding diaryl/α,β-unsaturated/α-hetero) is 1. The zero-order valence-corrected chi connectivity index (χ0v) is 14.9. The molecular formula is C20H24O4. The van der Waals surface area contributed by atoms with Gasteiger partial charge in [0.15, 0.2) is 5.76 Å². The summed E-state index contributed by atoms with van der Waals surface area (Å²) >= 11 is 0. The minimum absolute atomic E-state index is 0.0674. The highest BCUT2D eigenvalue weighted by Gasteiger charge is 2.55. The standard InChI is InChI=1S/C20H24O4/c1-6-11(2)19(22)24-18-15-12(3)10-23-17(15)16(21)14-9-7-8-13(4)20(14,18)5/h6,9-10,13,18H,7-8H2,1-5H3. The molecule has 0 spiro atoms. The summed E-state index contributed by atoms with van der Waals surface area (Å²) in [7, 11) is 0. The van der Waals surface area contributed by atoms with Gasteiger partial charge in [0.2, 0.25) is 5.78 Å². The number of esters is 1. The van der Waals surface area contributed by atoms with Crippen LogP contribution in [0.5, 0.6) is 0 Å². The molecule has 0 radical (unpaired) electrons. The Balaban J connectivity index is 2.18. The van der Waals surface area contributed by atoms with Crippen molar-refractivity contribution in [1.82, 2.24) is 0 Å². The number of aryl methyl sites for hydroxylation is 1. The topological polar surface area (TPSA) is 56.5 Å². The second-order valence-electron chi connectivity index (χ2n) is 7.13. The van der Waals surface area contributed by atoms with Gasteiger partial charge >= 0.3 is 5.97 Å². The van der Waals surface area contributed by atoms with Crippen LogP contribution in [0.1, 0.15) is 68.3 Å². The first kappa shape index (κ1) is 16.7. The van der Waals surface area contributed by atoms with E-state index in [1.54, 1.807) is 19.3 Å². The fourth-order valence-corrected chi connectivity index (χ4v) is 3.88. The summed E-state index contributed by atoms with van der Waals surface area (Å²) in [6.45, 7) is 9.61. The Hall–Kier alpha value is -2.10. The van der Waals surface area contributed by atoms with Gasteiger partial charge in [-0.05, 0) is 45.1 Å². The van der Waals surface area contributed by atoms with Crippen LogP contribution in [0.4, 0.5) is 0 Å². The Morgan fingerprint density at radius 3 is 2.83 bits per heavy atom. The highest BCUT2D eigenvalue weighted by atomic mass is 16.5. The maximum Gasteiger partial charge on any atom is 0.334 e. The lowest BCUT2D eigenvalue weighted by molar-refractivity contribution is -0.153. The zero-order chi connectivity index (χ0) is 17.6. The first-order valence-corrected chi connectivity index (χ1v) is 8.49. The summed E-state index contributed by atoms with van der Waals surface area (Å²) in [6.07, 6.45) is 6.64. The molecule has 3 unspecified atom stereocenters. The molecule has 2 aliphatic carbocycles. The number of allylic oxidation sites excluding steroid dienone is 2.